The molecule has 35 heteroatoms. The van der Waals surface area contributed by atoms with Crippen LogP contribution in [0.25, 0.3) is 0 Å². The van der Waals surface area contributed by atoms with Gasteiger partial charge in [-0.3, -0.25) is 9.59 Å². The van der Waals surface area contributed by atoms with Crippen molar-refractivity contribution in [2.45, 2.75) is 161 Å². The monoisotopic (exact) mass is 1970 g/mol. The van der Waals surface area contributed by atoms with E-state index >= 15 is 28.8 Å². The molecular formula is C108H97ClO34. The van der Waals surface area contributed by atoms with Crippen molar-refractivity contribution in [3.05, 3.63) is 395 Å². The predicted molar refractivity (Wildman–Crippen MR) is 497 cm³/mol. The molecule has 16 rings (SSSR count). The molecule has 11 aromatic rings. The van der Waals surface area contributed by atoms with Crippen LogP contribution in [0, 0.1) is 0 Å². The predicted octanol–water partition coefficient (Wildman–Crippen LogP) is 12.0. The molecule has 5 aliphatic heterocycles. The molecule has 34 nitrogen and oxygen atoms in total. The van der Waals surface area contributed by atoms with E-state index in [0.717, 1.165) is 6.92 Å². The van der Waals surface area contributed by atoms with Gasteiger partial charge in [-0.25, -0.2) is 43.2 Å². The number of ether oxygens (including phenoxy) is 21. The van der Waals surface area contributed by atoms with E-state index in [4.69, 9.17) is 111 Å². The highest BCUT2D eigenvalue weighted by Crippen LogP contribution is 2.45. The summed E-state index contributed by atoms with van der Waals surface area (Å²) in [6, 6.07) is 84.1. The standard InChI is InChI=1S/C108H97ClO34/c1-64(110)124-61-78-86-89(142-107-94(136-103(121)74-53-31-11-32-54-74)90(134-101(119)72-49-27-9-28-50-72)84(132-99(117)70-45-23-7-24-46-70)79(131-107)63-127-97(115)68-41-19-5-20-42-68)91(93(106(130-78)139-86)125-59-66-37-15-3-16-38-66)143-105-87(82(113)81(112)83(138-105)76(128-80(111)57-109)60-123-58-65-35-13-2-14-36-65)141-108-95(137-104(122)75-55-33-12-34-56-75)92(135-102(120)73-51-29-10-30-52-73)88(133-100(118)71-47-25-8-26-48-71)85(140-108)77(129-98(116)69-43-21-6-22-44-69)62-126-96(114)67-39-17-4-18-40-67/h2-56,76-79,81-95,105-108,112-113H,57-63H2,1H3/t76-,77-,78-,79+,81-,82-,83+,84+,85+,86+,87-,88+,89+,90-,91-,92-,93-,94+,95-,105+,106+,107-,108+/m0/s1. The average Bonchev–Trinajstić information content (AvgIpc) is 1.67. The van der Waals surface area contributed by atoms with E-state index in [1.54, 1.807) is 140 Å². The van der Waals surface area contributed by atoms with E-state index in [1.807, 2.05) is 0 Å². The zero-order chi connectivity index (χ0) is 99.7. The number of hydrogen-bond acceptors (Lipinski definition) is 34. The molecule has 11 aromatic carbocycles. The van der Waals surface area contributed by atoms with Crippen molar-refractivity contribution >= 4 is 77.3 Å². The van der Waals surface area contributed by atoms with Crippen LogP contribution in [0.2, 0.25) is 0 Å². The maximum Gasteiger partial charge on any atom is 0.338 e. The molecule has 0 spiro atoms. The molecule has 2 N–H and O–H groups in total. The molecule has 5 aliphatic rings. The lowest BCUT2D eigenvalue weighted by Gasteiger charge is -2.51. The Morgan fingerprint density at radius 3 is 1.06 bits per heavy atom. The van der Waals surface area contributed by atoms with Crippen LogP contribution < -0.4 is 0 Å². The molecule has 0 amide bonds. The van der Waals surface area contributed by atoms with Gasteiger partial charge in [0.05, 0.1) is 69.9 Å². The second kappa shape index (κ2) is 49.2. The van der Waals surface area contributed by atoms with Crippen LogP contribution in [0.5, 0.6) is 0 Å². The lowest BCUT2D eigenvalue weighted by Crippen LogP contribution is -2.69. The highest BCUT2D eigenvalue weighted by atomic mass is 35.5. The maximum atomic E-state index is 15.5. The number of carbonyl (C=O) groups excluding carboxylic acids is 11. The molecule has 5 heterocycles. The number of esters is 11. The Balaban J connectivity index is 0.897. The van der Waals surface area contributed by atoms with Gasteiger partial charge in [0.25, 0.3) is 0 Å². The summed E-state index contributed by atoms with van der Waals surface area (Å²) < 4.78 is 140. The molecule has 0 unspecified atom stereocenters. The van der Waals surface area contributed by atoms with Gasteiger partial charge in [-0.2, -0.15) is 0 Å². The van der Waals surface area contributed by atoms with Crippen molar-refractivity contribution in [2.75, 3.05) is 32.3 Å². The van der Waals surface area contributed by atoms with E-state index in [-0.39, 0.29) is 56.7 Å². The fourth-order valence-electron chi connectivity index (χ4n) is 16.6. The van der Waals surface area contributed by atoms with Gasteiger partial charge in [0.15, 0.2) is 74.0 Å². The van der Waals surface area contributed by atoms with Gasteiger partial charge in [0, 0.05) is 6.92 Å². The van der Waals surface area contributed by atoms with Gasteiger partial charge < -0.3 is 110 Å². The summed E-state index contributed by atoms with van der Waals surface area (Å²) in [5, 5.41) is 27.3. The highest BCUT2D eigenvalue weighted by molar-refractivity contribution is 6.26. The van der Waals surface area contributed by atoms with Gasteiger partial charge >= 0.3 is 65.7 Å². The Hall–Kier alpha value is -14.6. The van der Waals surface area contributed by atoms with Crippen LogP contribution >= 0.6 is 11.6 Å². The topological polar surface area (TPSA) is 422 Å². The van der Waals surface area contributed by atoms with Gasteiger partial charge in [0.1, 0.15) is 92.8 Å². The number of halogens is 1. The summed E-state index contributed by atoms with van der Waals surface area (Å²) in [6.07, 6.45) is -49.4. The number of aliphatic hydroxyl groups is 2. The van der Waals surface area contributed by atoms with Crippen molar-refractivity contribution in [3.8, 4) is 0 Å². The lowest BCUT2D eigenvalue weighted by molar-refractivity contribution is -0.396. The van der Waals surface area contributed by atoms with Crippen molar-refractivity contribution in [1.82, 2.24) is 0 Å². The smallest absolute Gasteiger partial charge is 0.338 e. The zero-order valence-electron chi connectivity index (χ0n) is 76.3. The molecule has 740 valence electrons. The number of hydrogen-bond donors (Lipinski definition) is 2. The third-order valence-corrected chi connectivity index (χ3v) is 23.8. The lowest BCUT2D eigenvalue weighted by atomic mass is 9.92. The summed E-state index contributed by atoms with van der Waals surface area (Å²) in [5.41, 5.74) is 0.184. The number of alkyl halides is 1. The quantitative estimate of drug-likeness (QED) is 0.0205. The molecule has 0 aromatic heterocycles. The number of rotatable bonds is 39. The van der Waals surface area contributed by atoms with Crippen LogP contribution in [-0.4, -0.2) is 249 Å². The van der Waals surface area contributed by atoms with Crippen molar-refractivity contribution in [1.29, 1.82) is 0 Å². The maximum absolute atomic E-state index is 15.5. The molecule has 0 aliphatic carbocycles. The highest BCUT2D eigenvalue weighted by Gasteiger charge is 2.65. The molecule has 0 radical (unpaired) electrons. The summed E-state index contributed by atoms with van der Waals surface area (Å²) in [7, 11) is 0. The number of benzene rings is 11. The third kappa shape index (κ3) is 26.0. The largest absolute Gasteiger partial charge is 0.463 e. The third-order valence-electron chi connectivity index (χ3n) is 23.6. The Labute approximate surface area is 823 Å². The van der Waals surface area contributed by atoms with Gasteiger partial charge in [-0.1, -0.05) is 224 Å². The Morgan fingerprint density at radius 2 is 0.629 bits per heavy atom. The summed E-state index contributed by atoms with van der Waals surface area (Å²) in [4.78, 5) is 163. The van der Waals surface area contributed by atoms with E-state index in [0.29, 0.717) is 11.1 Å². The fourth-order valence-corrected chi connectivity index (χ4v) is 16.7. The Kier molecular flexibility index (Phi) is 34.9. The second-order valence-corrected chi connectivity index (χ2v) is 33.6. The molecule has 23 atom stereocenters. The fraction of sp³-hybridized carbons (Fsp3) is 0.287. The van der Waals surface area contributed by atoms with Crippen LogP contribution in [0.4, 0.5) is 0 Å². The minimum atomic E-state index is -2.58. The summed E-state index contributed by atoms with van der Waals surface area (Å²) in [6.45, 7) is -2.78. The molecule has 5 saturated heterocycles. The van der Waals surface area contributed by atoms with Gasteiger partial charge in [0.2, 0.25) is 0 Å². The Bertz CT molecular complexity index is 6060. The number of aliphatic hydroxyl groups excluding tert-OH is 2. The van der Waals surface area contributed by atoms with E-state index in [9.17, 15) is 34.2 Å². The number of carbonyl (C=O) groups is 11. The van der Waals surface area contributed by atoms with Gasteiger partial charge in [-0.05, 0) is 120 Å². The van der Waals surface area contributed by atoms with E-state index in [2.05, 4.69) is 0 Å². The van der Waals surface area contributed by atoms with Crippen molar-refractivity contribution < 1.29 is 162 Å². The van der Waals surface area contributed by atoms with Crippen molar-refractivity contribution in [3.63, 3.8) is 0 Å². The average molecular weight is 1970 g/mol. The molecule has 0 saturated carbocycles. The minimum Gasteiger partial charge on any atom is -0.463 e. The summed E-state index contributed by atoms with van der Waals surface area (Å²) >= 11 is 6.28. The summed E-state index contributed by atoms with van der Waals surface area (Å²) in [5.74, 6) is -12.9. The zero-order valence-corrected chi connectivity index (χ0v) is 77.1. The minimum absolute atomic E-state index is 0.0189. The second-order valence-electron chi connectivity index (χ2n) is 33.3. The first kappa shape index (κ1) is 101. The molecule has 5 fully saturated rings. The van der Waals surface area contributed by atoms with Crippen molar-refractivity contribution in [2.24, 2.45) is 0 Å². The van der Waals surface area contributed by atoms with E-state index in [1.165, 1.54) is 194 Å². The first-order valence-corrected chi connectivity index (χ1v) is 46.2. The van der Waals surface area contributed by atoms with Gasteiger partial charge in [-0.15, -0.1) is 11.6 Å². The molecular weight excluding hydrogens is 1880 g/mol. The van der Waals surface area contributed by atoms with Crippen LogP contribution in [0.3, 0.4) is 0 Å². The Morgan fingerprint density at radius 1 is 0.294 bits per heavy atom. The first-order valence-electron chi connectivity index (χ1n) is 45.7. The van der Waals surface area contributed by atoms with Crippen LogP contribution in [-0.2, 0) is 122 Å². The molecule has 2 bridgehead atoms. The number of fused-ring (bicyclic) bond motifs is 2. The SMILES string of the molecule is CC(=O)OC[C@@H]1O[C@@H]2O[C@H]1[C@@H](O[C@@H]1O[C@H](COC(=O)c3ccccc3)[C@@H](OC(=O)c3ccccc3)[C@H](OC(=O)c3ccccc3)[C@H]1OC(=O)c1ccccc1)[C@H](O[C@H]1O[C@H]([C@H](COCc3ccccc3)OC(=O)CCl)[C@@H](O)[C@H](O)[C@@H]1O[C@H]1O[C@H]([C@H](COC(=O)c3ccccc3)OC(=O)c3ccccc3)[C@@H](OC(=O)c3ccccc3)[C@H](OC(=O)c3ccccc3)[C@@H]1OC(=O)c1ccccc1)[C@@H]2OCc1ccccc1. The van der Waals surface area contributed by atoms with Crippen LogP contribution in [0.1, 0.15) is 111 Å². The van der Waals surface area contributed by atoms with E-state index < -0.39 is 246 Å². The van der Waals surface area contributed by atoms with Crippen LogP contribution in [0.15, 0.2) is 334 Å². The first-order chi connectivity index (χ1) is 69.7. The molecule has 143 heavy (non-hydrogen) atoms. The normalized spacial score (nSPS) is 25.2.